The minimum absolute atomic E-state index is 0.0257. The average Bonchev–Trinajstić information content (AvgIpc) is 2.58. The van der Waals surface area contributed by atoms with E-state index in [1.807, 2.05) is 19.1 Å². The van der Waals surface area contributed by atoms with E-state index in [9.17, 15) is 14.4 Å². The number of aliphatic carboxylic acids is 1. The number of carbonyl (C=O) groups excluding carboxylic acids is 2. The Morgan fingerprint density at radius 1 is 1.17 bits per heavy atom. The molecule has 0 radical (unpaired) electrons. The van der Waals surface area contributed by atoms with Crippen LogP contribution in [-0.4, -0.2) is 53.0 Å². The van der Waals surface area contributed by atoms with E-state index in [1.165, 1.54) is 4.90 Å². The Morgan fingerprint density at radius 3 is 2.42 bits per heavy atom. The summed E-state index contributed by atoms with van der Waals surface area (Å²) in [4.78, 5) is 37.0. The van der Waals surface area contributed by atoms with Gasteiger partial charge in [-0.25, -0.2) is 4.79 Å². The van der Waals surface area contributed by atoms with Crippen LogP contribution in [0.1, 0.15) is 42.6 Å². The summed E-state index contributed by atoms with van der Waals surface area (Å²) in [5.74, 6) is -1.37. The van der Waals surface area contributed by atoms with Crippen molar-refractivity contribution < 1.29 is 24.2 Å². The summed E-state index contributed by atoms with van der Waals surface area (Å²) in [5.41, 5.74) is 1.75. The lowest BCUT2D eigenvalue weighted by molar-refractivity contribution is -0.166. The fourth-order valence-corrected chi connectivity index (χ4v) is 2.74. The van der Waals surface area contributed by atoms with Gasteiger partial charge in [0.2, 0.25) is 5.91 Å². The van der Waals surface area contributed by atoms with E-state index in [4.69, 9.17) is 9.84 Å². The van der Waals surface area contributed by atoms with Gasteiger partial charge in [-0.2, -0.15) is 0 Å². The second-order valence-electron chi connectivity index (χ2n) is 6.05. The summed E-state index contributed by atoms with van der Waals surface area (Å²) in [5, 5.41) is 9.05. The number of benzene rings is 1. The lowest BCUT2D eigenvalue weighted by atomic mass is 10.0. The minimum Gasteiger partial charge on any atom is -0.479 e. The quantitative estimate of drug-likeness (QED) is 0.804. The van der Waals surface area contributed by atoms with Gasteiger partial charge in [0.05, 0.1) is 12.6 Å². The molecule has 1 N–H and O–H groups in total. The van der Waals surface area contributed by atoms with Crippen molar-refractivity contribution in [3.63, 3.8) is 0 Å². The molecule has 1 aromatic carbocycles. The summed E-state index contributed by atoms with van der Waals surface area (Å²) in [7, 11) is 0. The molecule has 0 bridgehead atoms. The first kappa shape index (κ1) is 18.1. The van der Waals surface area contributed by atoms with Gasteiger partial charge in [0.15, 0.2) is 11.9 Å². The van der Waals surface area contributed by atoms with Crippen molar-refractivity contribution >= 4 is 17.7 Å². The maximum atomic E-state index is 12.3. The molecule has 6 heteroatoms. The Bertz CT molecular complexity index is 610. The summed E-state index contributed by atoms with van der Waals surface area (Å²) >= 11 is 0. The first-order chi connectivity index (χ1) is 11.4. The molecule has 1 unspecified atom stereocenters. The van der Waals surface area contributed by atoms with Crippen molar-refractivity contribution in [3.05, 3.63) is 35.4 Å². The summed E-state index contributed by atoms with van der Waals surface area (Å²) in [6.07, 6.45) is -0.232. The fraction of sp³-hybridized carbons (Fsp3) is 0.500. The number of ether oxygens (including phenoxy) is 1. The monoisotopic (exact) mass is 333 g/mol. The largest absolute Gasteiger partial charge is 0.479 e. The van der Waals surface area contributed by atoms with Crippen LogP contribution in [0.15, 0.2) is 24.3 Å². The normalized spacial score (nSPS) is 20.7. The molecular formula is C18H23NO5. The molecule has 1 aliphatic rings. The molecule has 0 saturated carbocycles. The van der Waals surface area contributed by atoms with Gasteiger partial charge >= 0.3 is 5.97 Å². The molecule has 24 heavy (non-hydrogen) atoms. The number of hydrogen-bond acceptors (Lipinski definition) is 4. The van der Waals surface area contributed by atoms with E-state index < -0.39 is 12.1 Å². The number of rotatable bonds is 6. The Kier molecular flexibility index (Phi) is 6.09. The smallest absolute Gasteiger partial charge is 0.334 e. The van der Waals surface area contributed by atoms with Crippen LogP contribution in [0.2, 0.25) is 0 Å². The Morgan fingerprint density at radius 2 is 1.83 bits per heavy atom. The van der Waals surface area contributed by atoms with Crippen molar-refractivity contribution in [1.29, 1.82) is 0 Å². The van der Waals surface area contributed by atoms with Crippen molar-refractivity contribution in [2.24, 2.45) is 0 Å². The van der Waals surface area contributed by atoms with Gasteiger partial charge in [-0.05, 0) is 18.9 Å². The van der Waals surface area contributed by atoms with Crippen LogP contribution in [0.25, 0.3) is 0 Å². The third-order valence-corrected chi connectivity index (χ3v) is 4.14. The van der Waals surface area contributed by atoms with Crippen LogP contribution >= 0.6 is 0 Å². The zero-order chi connectivity index (χ0) is 17.7. The molecule has 1 fully saturated rings. The first-order valence-corrected chi connectivity index (χ1v) is 8.19. The van der Waals surface area contributed by atoms with Crippen LogP contribution in [0.5, 0.6) is 0 Å². The average molecular weight is 333 g/mol. The van der Waals surface area contributed by atoms with E-state index in [2.05, 4.69) is 0 Å². The van der Waals surface area contributed by atoms with E-state index in [-0.39, 0.29) is 37.2 Å². The van der Waals surface area contributed by atoms with Crippen LogP contribution in [-0.2, 0) is 20.7 Å². The zero-order valence-electron chi connectivity index (χ0n) is 14.0. The number of nitrogens with zero attached hydrogens (tertiary/aromatic N) is 1. The lowest BCUT2D eigenvalue weighted by Gasteiger charge is -2.35. The molecule has 1 amide bonds. The van der Waals surface area contributed by atoms with E-state index in [0.29, 0.717) is 12.1 Å². The molecule has 6 nitrogen and oxygen atoms in total. The predicted molar refractivity (Wildman–Crippen MR) is 87.9 cm³/mol. The topological polar surface area (TPSA) is 83.9 Å². The first-order valence-electron chi connectivity index (χ1n) is 8.19. The number of Topliss-reactive ketones (excluding diaryl/α,β-unsaturated/α-hetero) is 1. The fourth-order valence-electron chi connectivity index (χ4n) is 2.74. The predicted octanol–water partition coefficient (Wildman–Crippen LogP) is 1.91. The second-order valence-corrected chi connectivity index (χ2v) is 6.05. The van der Waals surface area contributed by atoms with Gasteiger partial charge in [-0.15, -0.1) is 0 Å². The summed E-state index contributed by atoms with van der Waals surface area (Å²) in [6, 6.07) is 7.39. The molecule has 130 valence electrons. The van der Waals surface area contributed by atoms with E-state index in [1.54, 1.807) is 19.1 Å². The number of morpholine rings is 1. The van der Waals surface area contributed by atoms with Crippen molar-refractivity contribution in [2.75, 3.05) is 13.1 Å². The van der Waals surface area contributed by atoms with Gasteiger partial charge < -0.3 is 14.7 Å². The van der Waals surface area contributed by atoms with Crippen LogP contribution < -0.4 is 0 Å². The number of carbonyl (C=O) groups is 3. The molecule has 0 aromatic heterocycles. The number of aryl methyl sites for hydroxylation is 1. The van der Waals surface area contributed by atoms with Crippen LogP contribution in [0, 0.1) is 0 Å². The molecule has 1 aromatic rings. The number of ketones is 1. The highest BCUT2D eigenvalue weighted by Crippen LogP contribution is 2.14. The highest BCUT2D eigenvalue weighted by molar-refractivity contribution is 5.98. The van der Waals surface area contributed by atoms with Gasteiger partial charge in [-0.1, -0.05) is 31.2 Å². The van der Waals surface area contributed by atoms with Gasteiger partial charge in [0.1, 0.15) is 0 Å². The summed E-state index contributed by atoms with van der Waals surface area (Å²) < 4.78 is 5.28. The molecule has 2 rings (SSSR count). The molecule has 1 heterocycles. The molecule has 0 aliphatic carbocycles. The maximum absolute atomic E-state index is 12.3. The van der Waals surface area contributed by atoms with E-state index >= 15 is 0 Å². The molecule has 1 aliphatic heterocycles. The third kappa shape index (κ3) is 4.64. The highest BCUT2D eigenvalue weighted by Gasteiger charge is 2.32. The third-order valence-electron chi connectivity index (χ3n) is 4.14. The molecule has 0 spiro atoms. The minimum atomic E-state index is -1.08. The standard InChI is InChI=1S/C18H23NO5/c1-3-13-4-6-14(7-5-13)15(20)8-9-17(21)19-10-12(2)24-16(11-19)18(22)23/h4-7,12,16H,3,8-11H2,1-2H3,(H,22,23)/t12-,16?/m1/s1. The Labute approximate surface area is 141 Å². The van der Waals surface area contributed by atoms with Crippen molar-refractivity contribution in [1.82, 2.24) is 4.90 Å². The zero-order valence-corrected chi connectivity index (χ0v) is 14.0. The highest BCUT2D eigenvalue weighted by atomic mass is 16.5. The number of carboxylic acid groups (broad SMARTS) is 1. The van der Waals surface area contributed by atoms with Crippen LogP contribution in [0.4, 0.5) is 0 Å². The van der Waals surface area contributed by atoms with Crippen molar-refractivity contribution in [3.8, 4) is 0 Å². The van der Waals surface area contributed by atoms with Gasteiger partial charge in [0, 0.05) is 24.9 Å². The van der Waals surface area contributed by atoms with E-state index in [0.717, 1.165) is 12.0 Å². The van der Waals surface area contributed by atoms with Crippen molar-refractivity contribution in [2.45, 2.75) is 45.3 Å². The summed E-state index contributed by atoms with van der Waals surface area (Å²) in [6.45, 7) is 4.15. The number of amides is 1. The lowest BCUT2D eigenvalue weighted by Crippen LogP contribution is -2.51. The number of hydrogen-bond donors (Lipinski definition) is 1. The number of carboxylic acids is 1. The molecular weight excluding hydrogens is 310 g/mol. The SMILES string of the molecule is CCc1ccc(C(=O)CCC(=O)N2CC(C(=O)O)O[C@H](C)C2)cc1. The Hall–Kier alpha value is -2.21. The van der Waals surface area contributed by atoms with Gasteiger partial charge in [0.25, 0.3) is 0 Å². The molecule has 1 saturated heterocycles. The van der Waals surface area contributed by atoms with Gasteiger partial charge in [-0.3, -0.25) is 9.59 Å². The van der Waals surface area contributed by atoms with Crippen LogP contribution in [0.3, 0.4) is 0 Å². The maximum Gasteiger partial charge on any atom is 0.334 e. The molecule has 2 atom stereocenters. The second kappa shape index (κ2) is 8.06. The Balaban J connectivity index is 1.89.